The summed E-state index contributed by atoms with van der Waals surface area (Å²) in [5.74, 6) is 0.368. The molecule has 2 N–H and O–H groups in total. The van der Waals surface area contributed by atoms with Gasteiger partial charge in [-0.3, -0.25) is 4.79 Å². The van der Waals surface area contributed by atoms with Crippen LogP contribution in [0.1, 0.15) is 40.3 Å². The molecule has 3 rings (SSSR count). The van der Waals surface area contributed by atoms with Gasteiger partial charge in [-0.1, -0.05) is 0 Å². The van der Waals surface area contributed by atoms with E-state index in [4.69, 9.17) is 23.7 Å². The Balaban J connectivity index is 1.79. The minimum atomic E-state index is -1.10. The van der Waals surface area contributed by atoms with E-state index in [1.807, 2.05) is 26.0 Å². The van der Waals surface area contributed by atoms with Gasteiger partial charge in [-0.25, -0.2) is 9.78 Å². The third kappa shape index (κ3) is 7.08. The Bertz CT molecular complexity index is 1060. The number of carboxylic acids is 1. The second kappa shape index (κ2) is 11.1. The summed E-state index contributed by atoms with van der Waals surface area (Å²) in [6.07, 6.45) is 2.87. The summed E-state index contributed by atoms with van der Waals surface area (Å²) >= 11 is 0. The van der Waals surface area contributed by atoms with E-state index in [1.165, 1.54) is 18.3 Å². The number of furan rings is 1. The van der Waals surface area contributed by atoms with E-state index in [2.05, 4.69) is 10.3 Å². The molecule has 0 spiro atoms. The SMILES string of the molecule is COC[C@H](C)Oc1cc(O[C@@H](C)Cc2ccco2)cc(C(=O)Nc2ccc(C(=O)O)cn2)c1. The van der Waals surface area contributed by atoms with E-state index in [1.54, 1.807) is 31.6 Å². The molecule has 1 amide bonds. The Morgan fingerprint density at radius 3 is 2.36 bits per heavy atom. The number of anilines is 1. The summed E-state index contributed by atoms with van der Waals surface area (Å²) in [6, 6.07) is 11.4. The maximum atomic E-state index is 12.9. The molecule has 2 atom stereocenters. The molecule has 0 aliphatic rings. The number of aromatic carboxylic acids is 1. The van der Waals surface area contributed by atoms with Crippen LogP contribution in [0.5, 0.6) is 11.5 Å². The van der Waals surface area contributed by atoms with Gasteiger partial charge in [-0.05, 0) is 50.2 Å². The van der Waals surface area contributed by atoms with Crippen molar-refractivity contribution in [3.63, 3.8) is 0 Å². The molecule has 0 radical (unpaired) electrons. The predicted molar refractivity (Wildman–Crippen MR) is 120 cm³/mol. The molecule has 174 valence electrons. The first-order valence-electron chi connectivity index (χ1n) is 10.3. The number of carboxylic acid groups (broad SMARTS) is 1. The second-order valence-corrected chi connectivity index (χ2v) is 7.48. The highest BCUT2D eigenvalue weighted by molar-refractivity contribution is 6.04. The number of nitrogens with zero attached hydrogens (tertiary/aromatic N) is 1. The number of amides is 1. The van der Waals surface area contributed by atoms with Gasteiger partial charge in [0.1, 0.15) is 35.3 Å². The fourth-order valence-electron chi connectivity index (χ4n) is 3.11. The Kier molecular flexibility index (Phi) is 8.04. The normalized spacial score (nSPS) is 12.6. The number of hydrogen-bond donors (Lipinski definition) is 2. The lowest BCUT2D eigenvalue weighted by molar-refractivity contribution is 0.0696. The van der Waals surface area contributed by atoms with Gasteiger partial charge >= 0.3 is 5.97 Å². The number of rotatable bonds is 11. The van der Waals surface area contributed by atoms with Crippen molar-refractivity contribution in [2.24, 2.45) is 0 Å². The van der Waals surface area contributed by atoms with Gasteiger partial charge < -0.3 is 29.1 Å². The van der Waals surface area contributed by atoms with Gasteiger partial charge in [-0.15, -0.1) is 0 Å². The Labute approximate surface area is 191 Å². The Morgan fingerprint density at radius 1 is 1.06 bits per heavy atom. The molecule has 0 fully saturated rings. The molecule has 0 saturated carbocycles. The van der Waals surface area contributed by atoms with Crippen LogP contribution in [0, 0.1) is 0 Å². The monoisotopic (exact) mass is 454 g/mol. The van der Waals surface area contributed by atoms with Crippen molar-refractivity contribution >= 4 is 17.7 Å². The van der Waals surface area contributed by atoms with Crippen molar-refractivity contribution in [3.8, 4) is 11.5 Å². The standard InChI is InChI=1S/C24H26N2O7/c1-15(9-19-5-4-8-31-19)32-20-10-18(11-21(12-20)33-16(2)14-30-3)23(27)26-22-7-6-17(13-25-22)24(28)29/h4-8,10-13,15-16H,9,14H2,1-3H3,(H,28,29)(H,25,26,27)/t15-,16-/m0/s1. The molecule has 0 aliphatic heterocycles. The maximum Gasteiger partial charge on any atom is 0.337 e. The van der Waals surface area contributed by atoms with Crippen LogP contribution in [0.4, 0.5) is 5.82 Å². The molecular formula is C24H26N2O7. The highest BCUT2D eigenvalue weighted by Crippen LogP contribution is 2.26. The summed E-state index contributed by atoms with van der Waals surface area (Å²) in [4.78, 5) is 27.8. The molecular weight excluding hydrogens is 428 g/mol. The highest BCUT2D eigenvalue weighted by atomic mass is 16.5. The van der Waals surface area contributed by atoms with Crippen molar-refractivity contribution in [2.45, 2.75) is 32.5 Å². The third-order valence-electron chi connectivity index (χ3n) is 4.54. The quantitative estimate of drug-likeness (QED) is 0.445. The predicted octanol–water partition coefficient (Wildman–Crippen LogP) is 4.05. The van der Waals surface area contributed by atoms with Crippen LogP contribution in [-0.4, -0.2) is 47.9 Å². The van der Waals surface area contributed by atoms with Gasteiger partial charge in [0.25, 0.3) is 5.91 Å². The largest absolute Gasteiger partial charge is 0.490 e. The summed E-state index contributed by atoms with van der Waals surface area (Å²) in [5.41, 5.74) is 0.318. The van der Waals surface area contributed by atoms with Crippen molar-refractivity contribution in [1.29, 1.82) is 0 Å². The second-order valence-electron chi connectivity index (χ2n) is 7.48. The first-order chi connectivity index (χ1) is 15.8. The molecule has 2 heterocycles. The van der Waals surface area contributed by atoms with Crippen molar-refractivity contribution in [1.82, 2.24) is 4.98 Å². The van der Waals surface area contributed by atoms with Crippen molar-refractivity contribution < 1.29 is 33.3 Å². The Hall–Kier alpha value is -3.85. The zero-order valence-electron chi connectivity index (χ0n) is 18.6. The molecule has 0 bridgehead atoms. The first kappa shape index (κ1) is 23.8. The zero-order valence-corrected chi connectivity index (χ0v) is 18.6. The number of carbonyl (C=O) groups is 2. The van der Waals surface area contributed by atoms with Crippen LogP contribution in [-0.2, 0) is 11.2 Å². The minimum Gasteiger partial charge on any atom is -0.490 e. The molecule has 1 aromatic carbocycles. The van der Waals surface area contributed by atoms with Crippen LogP contribution in [0.25, 0.3) is 0 Å². The number of nitrogens with one attached hydrogen (secondary N) is 1. The summed E-state index contributed by atoms with van der Waals surface area (Å²) in [6.45, 7) is 4.13. The first-order valence-corrected chi connectivity index (χ1v) is 10.3. The van der Waals surface area contributed by atoms with E-state index in [9.17, 15) is 9.59 Å². The van der Waals surface area contributed by atoms with E-state index >= 15 is 0 Å². The van der Waals surface area contributed by atoms with Crippen LogP contribution >= 0.6 is 0 Å². The summed E-state index contributed by atoms with van der Waals surface area (Å²) in [7, 11) is 1.58. The van der Waals surface area contributed by atoms with Gasteiger partial charge in [0.2, 0.25) is 0 Å². The van der Waals surface area contributed by atoms with Gasteiger partial charge in [0.05, 0.1) is 18.4 Å². The van der Waals surface area contributed by atoms with Gasteiger partial charge in [-0.2, -0.15) is 0 Å². The average molecular weight is 454 g/mol. The van der Waals surface area contributed by atoms with E-state index in [-0.39, 0.29) is 23.6 Å². The van der Waals surface area contributed by atoms with Gasteiger partial charge in [0.15, 0.2) is 0 Å². The van der Waals surface area contributed by atoms with Crippen LogP contribution in [0.3, 0.4) is 0 Å². The number of ether oxygens (including phenoxy) is 3. The number of pyridine rings is 1. The number of methoxy groups -OCH3 is 1. The van der Waals surface area contributed by atoms with Crippen LogP contribution in [0.2, 0.25) is 0 Å². The molecule has 9 nitrogen and oxygen atoms in total. The summed E-state index contributed by atoms with van der Waals surface area (Å²) < 4.78 is 22.4. The lowest BCUT2D eigenvalue weighted by Crippen LogP contribution is -2.20. The highest BCUT2D eigenvalue weighted by Gasteiger charge is 2.16. The number of hydrogen-bond acceptors (Lipinski definition) is 7. The molecule has 0 saturated heterocycles. The smallest absolute Gasteiger partial charge is 0.337 e. The molecule has 33 heavy (non-hydrogen) atoms. The number of aromatic nitrogens is 1. The topological polar surface area (TPSA) is 120 Å². The number of benzene rings is 1. The molecule has 9 heteroatoms. The van der Waals surface area contributed by atoms with E-state index in [0.29, 0.717) is 30.1 Å². The van der Waals surface area contributed by atoms with Crippen LogP contribution in [0.15, 0.2) is 59.3 Å². The van der Waals surface area contributed by atoms with E-state index < -0.39 is 11.9 Å². The Morgan fingerprint density at radius 2 is 1.79 bits per heavy atom. The molecule has 0 aliphatic carbocycles. The fraction of sp³-hybridized carbons (Fsp3) is 0.292. The number of carbonyl (C=O) groups excluding carboxylic acids is 1. The average Bonchev–Trinajstić information content (AvgIpc) is 3.26. The van der Waals surface area contributed by atoms with Crippen molar-refractivity contribution in [2.75, 3.05) is 19.0 Å². The van der Waals surface area contributed by atoms with Crippen LogP contribution < -0.4 is 14.8 Å². The third-order valence-corrected chi connectivity index (χ3v) is 4.54. The molecule has 3 aromatic rings. The van der Waals surface area contributed by atoms with Crippen molar-refractivity contribution in [3.05, 3.63) is 71.8 Å². The fourth-order valence-corrected chi connectivity index (χ4v) is 3.11. The minimum absolute atomic E-state index is 0.0248. The van der Waals surface area contributed by atoms with E-state index in [0.717, 1.165) is 5.76 Å². The zero-order chi connectivity index (χ0) is 23.8. The molecule has 2 aromatic heterocycles. The van der Waals surface area contributed by atoms with Gasteiger partial charge in [0, 0.05) is 31.4 Å². The lowest BCUT2D eigenvalue weighted by atomic mass is 10.1. The lowest BCUT2D eigenvalue weighted by Gasteiger charge is -2.18. The maximum absolute atomic E-state index is 12.9. The molecule has 0 unspecified atom stereocenters. The summed E-state index contributed by atoms with van der Waals surface area (Å²) in [5, 5.41) is 11.6.